The minimum Gasteiger partial charge on any atom is -0.480 e. The van der Waals surface area contributed by atoms with Crippen molar-refractivity contribution < 1.29 is 9.53 Å². The van der Waals surface area contributed by atoms with Crippen LogP contribution in [0.5, 0.6) is 5.88 Å². The number of hydrogen-bond donors (Lipinski definition) is 1. The fourth-order valence-electron chi connectivity index (χ4n) is 3.04. The fraction of sp³-hybridized carbons (Fsp3) is 0.625. The molecule has 1 aliphatic carbocycles. The zero-order valence-electron chi connectivity index (χ0n) is 13.5. The molecule has 3 rings (SSSR count). The van der Waals surface area contributed by atoms with Crippen LogP contribution < -0.4 is 10.1 Å². The topological polar surface area (TPSA) is 81.4 Å². The molecule has 0 aliphatic heterocycles. The Kier molecular flexibility index (Phi) is 5.05. The highest BCUT2D eigenvalue weighted by Gasteiger charge is 2.15. The van der Waals surface area contributed by atoms with Crippen molar-refractivity contribution >= 4 is 11.6 Å². The molecular weight excluding hydrogens is 294 g/mol. The summed E-state index contributed by atoms with van der Waals surface area (Å²) in [5.74, 6) is 1.41. The molecule has 1 N–H and O–H groups in total. The van der Waals surface area contributed by atoms with Crippen molar-refractivity contribution in [3.63, 3.8) is 0 Å². The van der Waals surface area contributed by atoms with Crippen LogP contribution >= 0.6 is 0 Å². The van der Waals surface area contributed by atoms with Gasteiger partial charge in [0.2, 0.25) is 11.8 Å². The molecule has 0 radical (unpaired) electrons. The van der Waals surface area contributed by atoms with Crippen molar-refractivity contribution in [1.29, 1.82) is 0 Å². The number of nitrogens with one attached hydrogen (secondary N) is 1. The molecule has 23 heavy (non-hydrogen) atoms. The van der Waals surface area contributed by atoms with Crippen LogP contribution in [-0.2, 0) is 11.2 Å². The van der Waals surface area contributed by atoms with Crippen LogP contribution in [0.2, 0.25) is 0 Å². The number of fused-ring (bicyclic) bond motifs is 1. The molecule has 2 aromatic heterocycles. The normalized spacial score (nSPS) is 15.7. The SMILES string of the molecule is COc1ccc2nnc(CCCC(=O)NC3CCCCC3)n2n1. The summed E-state index contributed by atoms with van der Waals surface area (Å²) in [6.07, 6.45) is 7.89. The number of ether oxygens (including phenoxy) is 1. The summed E-state index contributed by atoms with van der Waals surface area (Å²) >= 11 is 0. The number of carbonyl (C=O) groups is 1. The Morgan fingerprint density at radius 2 is 2.13 bits per heavy atom. The average molecular weight is 317 g/mol. The predicted molar refractivity (Wildman–Crippen MR) is 85.3 cm³/mol. The zero-order valence-corrected chi connectivity index (χ0v) is 13.5. The Labute approximate surface area is 135 Å². The Bertz CT molecular complexity index is 664. The maximum absolute atomic E-state index is 12.0. The summed E-state index contributed by atoms with van der Waals surface area (Å²) in [6, 6.07) is 3.94. The summed E-state index contributed by atoms with van der Waals surface area (Å²) in [4.78, 5) is 12.0. The van der Waals surface area contributed by atoms with Gasteiger partial charge in [-0.3, -0.25) is 4.79 Å². The Hall–Kier alpha value is -2.18. The Morgan fingerprint density at radius 1 is 1.30 bits per heavy atom. The van der Waals surface area contributed by atoms with Crippen LogP contribution in [0.1, 0.15) is 50.8 Å². The van der Waals surface area contributed by atoms with Crippen molar-refractivity contribution in [3.8, 4) is 5.88 Å². The number of aryl methyl sites for hydroxylation is 1. The van der Waals surface area contributed by atoms with Crippen LogP contribution in [0, 0.1) is 0 Å². The van der Waals surface area contributed by atoms with Gasteiger partial charge in [-0.25, -0.2) is 0 Å². The second-order valence-corrected chi connectivity index (χ2v) is 6.02. The summed E-state index contributed by atoms with van der Waals surface area (Å²) in [7, 11) is 1.58. The highest BCUT2D eigenvalue weighted by atomic mass is 16.5. The van der Waals surface area contributed by atoms with Crippen LogP contribution in [0.4, 0.5) is 0 Å². The van der Waals surface area contributed by atoms with Crippen LogP contribution in [-0.4, -0.2) is 38.9 Å². The van der Waals surface area contributed by atoms with Crippen LogP contribution in [0.3, 0.4) is 0 Å². The van der Waals surface area contributed by atoms with Gasteiger partial charge in [0.25, 0.3) is 0 Å². The van der Waals surface area contributed by atoms with E-state index in [-0.39, 0.29) is 5.91 Å². The number of rotatable bonds is 6. The van der Waals surface area contributed by atoms with E-state index in [0.717, 1.165) is 25.1 Å². The summed E-state index contributed by atoms with van der Waals surface area (Å²) in [5, 5.41) is 15.7. The molecule has 0 bridgehead atoms. The molecule has 0 spiro atoms. The minimum absolute atomic E-state index is 0.135. The lowest BCUT2D eigenvalue weighted by Crippen LogP contribution is -2.36. The van der Waals surface area contributed by atoms with E-state index in [1.54, 1.807) is 17.7 Å². The molecule has 2 heterocycles. The van der Waals surface area contributed by atoms with Crippen LogP contribution in [0.25, 0.3) is 5.65 Å². The summed E-state index contributed by atoms with van der Waals surface area (Å²) in [5.41, 5.74) is 0.687. The molecule has 1 fully saturated rings. The van der Waals surface area contributed by atoms with Gasteiger partial charge in [0.15, 0.2) is 11.5 Å². The third-order valence-corrected chi connectivity index (χ3v) is 4.29. The van der Waals surface area contributed by atoms with E-state index in [9.17, 15) is 4.79 Å². The van der Waals surface area contributed by atoms with Crippen molar-refractivity contribution in [3.05, 3.63) is 18.0 Å². The Morgan fingerprint density at radius 3 is 2.91 bits per heavy atom. The smallest absolute Gasteiger partial charge is 0.231 e. The molecule has 0 atom stereocenters. The number of methoxy groups -OCH3 is 1. The average Bonchev–Trinajstić information content (AvgIpc) is 2.98. The highest BCUT2D eigenvalue weighted by Crippen LogP contribution is 2.17. The van der Waals surface area contributed by atoms with Gasteiger partial charge in [-0.15, -0.1) is 15.3 Å². The van der Waals surface area contributed by atoms with Gasteiger partial charge >= 0.3 is 0 Å². The monoisotopic (exact) mass is 317 g/mol. The molecule has 0 aromatic carbocycles. The molecular formula is C16H23N5O2. The molecule has 1 saturated carbocycles. The first kappa shape index (κ1) is 15.7. The summed E-state index contributed by atoms with van der Waals surface area (Å²) < 4.78 is 6.80. The first-order valence-corrected chi connectivity index (χ1v) is 8.31. The van der Waals surface area contributed by atoms with Gasteiger partial charge in [-0.1, -0.05) is 19.3 Å². The van der Waals surface area contributed by atoms with Crippen molar-refractivity contribution in [1.82, 2.24) is 25.1 Å². The molecule has 7 heteroatoms. The largest absolute Gasteiger partial charge is 0.480 e. The number of aromatic nitrogens is 4. The third-order valence-electron chi connectivity index (χ3n) is 4.29. The second-order valence-electron chi connectivity index (χ2n) is 6.02. The molecule has 0 unspecified atom stereocenters. The van der Waals surface area contributed by atoms with E-state index in [4.69, 9.17) is 4.74 Å². The number of amides is 1. The molecule has 124 valence electrons. The molecule has 2 aromatic rings. The van der Waals surface area contributed by atoms with Crippen molar-refractivity contribution in [2.75, 3.05) is 7.11 Å². The molecule has 0 saturated heterocycles. The standard InChI is InChI=1S/C16H23N5O2/c1-23-16-11-10-14-19-18-13(21(14)20-16)8-5-9-15(22)17-12-6-3-2-4-7-12/h10-12H,2-9H2,1H3,(H,17,22). The van der Waals surface area contributed by atoms with Crippen molar-refractivity contribution in [2.45, 2.75) is 57.4 Å². The molecule has 7 nitrogen and oxygen atoms in total. The van der Waals surface area contributed by atoms with Gasteiger partial charge in [0.1, 0.15) is 0 Å². The van der Waals surface area contributed by atoms with Gasteiger partial charge in [-0.05, 0) is 25.3 Å². The lowest BCUT2D eigenvalue weighted by atomic mass is 9.95. The lowest BCUT2D eigenvalue weighted by Gasteiger charge is -2.22. The highest BCUT2D eigenvalue weighted by molar-refractivity contribution is 5.76. The third kappa shape index (κ3) is 3.97. The van der Waals surface area contributed by atoms with Gasteiger partial charge in [0.05, 0.1) is 7.11 Å². The predicted octanol–water partition coefficient (Wildman–Crippen LogP) is 1.90. The first-order chi connectivity index (χ1) is 11.3. The van der Waals surface area contributed by atoms with E-state index in [0.29, 0.717) is 30.4 Å². The van der Waals surface area contributed by atoms with Gasteiger partial charge < -0.3 is 10.1 Å². The van der Waals surface area contributed by atoms with E-state index in [1.165, 1.54) is 19.3 Å². The van der Waals surface area contributed by atoms with Crippen LogP contribution in [0.15, 0.2) is 12.1 Å². The van der Waals surface area contributed by atoms with Gasteiger partial charge in [-0.2, -0.15) is 4.52 Å². The fourth-order valence-corrected chi connectivity index (χ4v) is 3.04. The molecule has 1 amide bonds. The zero-order chi connectivity index (χ0) is 16.1. The lowest BCUT2D eigenvalue weighted by molar-refractivity contribution is -0.122. The van der Waals surface area contributed by atoms with Crippen molar-refractivity contribution in [2.24, 2.45) is 0 Å². The molecule has 1 aliphatic rings. The number of nitrogens with zero attached hydrogens (tertiary/aromatic N) is 4. The van der Waals surface area contributed by atoms with E-state index in [2.05, 4.69) is 20.6 Å². The number of hydrogen-bond acceptors (Lipinski definition) is 5. The minimum atomic E-state index is 0.135. The maximum atomic E-state index is 12.0. The van der Waals surface area contributed by atoms with Gasteiger partial charge in [0, 0.05) is 24.9 Å². The second kappa shape index (κ2) is 7.39. The maximum Gasteiger partial charge on any atom is 0.231 e. The number of carbonyl (C=O) groups excluding carboxylic acids is 1. The Balaban J connectivity index is 1.51. The quantitative estimate of drug-likeness (QED) is 0.880. The first-order valence-electron chi connectivity index (χ1n) is 8.31. The summed E-state index contributed by atoms with van der Waals surface area (Å²) in [6.45, 7) is 0. The van der Waals surface area contributed by atoms with E-state index in [1.807, 2.05) is 6.07 Å². The van der Waals surface area contributed by atoms with E-state index < -0.39 is 0 Å². The van der Waals surface area contributed by atoms with E-state index >= 15 is 0 Å².